The summed E-state index contributed by atoms with van der Waals surface area (Å²) in [6, 6.07) is 4.34. The van der Waals surface area contributed by atoms with Gasteiger partial charge >= 0.3 is 0 Å². The highest BCUT2D eigenvalue weighted by molar-refractivity contribution is 5.55. The molecule has 114 valence electrons. The molecule has 1 rings (SSSR count). The first kappa shape index (κ1) is 16.6. The van der Waals surface area contributed by atoms with E-state index in [2.05, 4.69) is 30.7 Å². The molecule has 4 nitrogen and oxygen atoms in total. The summed E-state index contributed by atoms with van der Waals surface area (Å²) in [4.78, 5) is 6.96. The van der Waals surface area contributed by atoms with Crippen LogP contribution >= 0.6 is 0 Å². The van der Waals surface area contributed by atoms with Crippen molar-refractivity contribution in [3.05, 3.63) is 12.1 Å². The van der Waals surface area contributed by atoms with Crippen molar-refractivity contribution in [2.24, 2.45) is 0 Å². The lowest BCUT2D eigenvalue weighted by Gasteiger charge is -2.30. The number of unbranched alkanes of at least 4 members (excludes halogenated alkanes) is 1. The second-order valence-electron chi connectivity index (χ2n) is 5.53. The van der Waals surface area contributed by atoms with Crippen LogP contribution in [0.3, 0.4) is 0 Å². The first-order valence-corrected chi connectivity index (χ1v) is 7.69. The van der Waals surface area contributed by atoms with Gasteiger partial charge in [0.2, 0.25) is 5.88 Å². The Balaban J connectivity index is 3.00. The molecule has 0 saturated carbocycles. The first-order chi connectivity index (χ1) is 9.49. The fourth-order valence-electron chi connectivity index (χ4n) is 2.03. The molecular formula is C16H29N3O. The number of pyridine rings is 1. The molecule has 0 radical (unpaired) electrons. The molecule has 20 heavy (non-hydrogen) atoms. The Bertz CT molecular complexity index is 407. The third-order valence-corrected chi connectivity index (χ3v) is 3.39. The van der Waals surface area contributed by atoms with Crippen LogP contribution in [0.25, 0.3) is 0 Å². The standard InChI is InChI=1S/C16H29N3O/c1-6-8-11-19(13(5)7-2)15-10-9-14(17)16(18-15)20-12(3)4/h9-10,12-13H,6-8,11,17H2,1-5H3. The zero-order chi connectivity index (χ0) is 15.1. The van der Waals surface area contributed by atoms with Crippen LogP contribution in [0, 0.1) is 0 Å². The molecule has 2 N–H and O–H groups in total. The maximum absolute atomic E-state index is 5.94. The second kappa shape index (κ2) is 7.98. The quantitative estimate of drug-likeness (QED) is 0.785. The van der Waals surface area contributed by atoms with Gasteiger partial charge in [-0.1, -0.05) is 20.3 Å². The molecule has 0 fully saturated rings. The molecular weight excluding hydrogens is 250 g/mol. The van der Waals surface area contributed by atoms with Crippen molar-refractivity contribution in [3.63, 3.8) is 0 Å². The number of nitrogen functional groups attached to an aromatic ring is 1. The van der Waals surface area contributed by atoms with E-state index in [9.17, 15) is 0 Å². The minimum atomic E-state index is 0.0766. The Morgan fingerprint density at radius 2 is 1.95 bits per heavy atom. The summed E-state index contributed by atoms with van der Waals surface area (Å²) in [5.41, 5.74) is 6.54. The van der Waals surface area contributed by atoms with Gasteiger partial charge < -0.3 is 15.4 Å². The van der Waals surface area contributed by atoms with Crippen molar-refractivity contribution in [2.75, 3.05) is 17.2 Å². The monoisotopic (exact) mass is 279 g/mol. The smallest absolute Gasteiger partial charge is 0.239 e. The number of rotatable bonds is 8. The van der Waals surface area contributed by atoms with Crippen molar-refractivity contribution >= 4 is 11.5 Å². The molecule has 0 spiro atoms. The Morgan fingerprint density at radius 3 is 2.50 bits per heavy atom. The summed E-state index contributed by atoms with van der Waals surface area (Å²) in [5.74, 6) is 1.50. The molecule has 1 unspecified atom stereocenters. The van der Waals surface area contributed by atoms with Crippen molar-refractivity contribution < 1.29 is 4.74 Å². The molecule has 0 aromatic carbocycles. The zero-order valence-electron chi connectivity index (χ0n) is 13.5. The molecule has 0 saturated heterocycles. The lowest BCUT2D eigenvalue weighted by molar-refractivity contribution is 0.234. The van der Waals surface area contributed by atoms with Crippen molar-refractivity contribution in [1.82, 2.24) is 4.98 Å². The van der Waals surface area contributed by atoms with Gasteiger partial charge in [-0.05, 0) is 45.7 Å². The average Bonchev–Trinajstić information content (AvgIpc) is 2.41. The topological polar surface area (TPSA) is 51.4 Å². The van der Waals surface area contributed by atoms with Crippen LogP contribution in [0.2, 0.25) is 0 Å². The highest BCUT2D eigenvalue weighted by atomic mass is 16.5. The molecule has 4 heteroatoms. The van der Waals surface area contributed by atoms with Gasteiger partial charge in [-0.25, -0.2) is 0 Å². The largest absolute Gasteiger partial charge is 0.473 e. The molecule has 1 aromatic rings. The predicted molar refractivity (Wildman–Crippen MR) is 86.4 cm³/mol. The van der Waals surface area contributed by atoms with E-state index in [1.165, 1.54) is 6.42 Å². The highest BCUT2D eigenvalue weighted by Crippen LogP contribution is 2.26. The number of nitrogens with zero attached hydrogens (tertiary/aromatic N) is 2. The van der Waals surface area contributed by atoms with Crippen LogP contribution in [-0.2, 0) is 0 Å². The maximum atomic E-state index is 5.94. The number of hydrogen-bond donors (Lipinski definition) is 1. The highest BCUT2D eigenvalue weighted by Gasteiger charge is 2.16. The average molecular weight is 279 g/mol. The summed E-state index contributed by atoms with van der Waals surface area (Å²) < 4.78 is 5.69. The van der Waals surface area contributed by atoms with Crippen LogP contribution in [-0.4, -0.2) is 23.7 Å². The predicted octanol–water partition coefficient (Wildman–Crippen LogP) is 3.86. The van der Waals surface area contributed by atoms with Gasteiger partial charge in [0.1, 0.15) is 5.82 Å². The Hall–Kier alpha value is -1.45. The van der Waals surface area contributed by atoms with Crippen LogP contribution in [0.5, 0.6) is 5.88 Å². The summed E-state index contributed by atoms with van der Waals surface area (Å²) in [5, 5.41) is 0. The number of anilines is 2. The van der Waals surface area contributed by atoms with E-state index in [-0.39, 0.29) is 6.10 Å². The van der Waals surface area contributed by atoms with E-state index >= 15 is 0 Å². The molecule has 1 aromatic heterocycles. The van der Waals surface area contributed by atoms with Crippen LogP contribution in [0.4, 0.5) is 11.5 Å². The summed E-state index contributed by atoms with van der Waals surface area (Å²) in [6.07, 6.45) is 3.51. The normalized spacial score (nSPS) is 12.5. The van der Waals surface area contributed by atoms with Gasteiger partial charge in [0.05, 0.1) is 11.8 Å². The SMILES string of the molecule is CCCCN(c1ccc(N)c(OC(C)C)n1)C(C)CC. The summed E-state index contributed by atoms with van der Waals surface area (Å²) in [6.45, 7) is 11.6. The summed E-state index contributed by atoms with van der Waals surface area (Å²) in [7, 11) is 0. The lowest BCUT2D eigenvalue weighted by atomic mass is 10.2. The molecule has 0 aliphatic rings. The minimum absolute atomic E-state index is 0.0766. The molecule has 1 atom stereocenters. The van der Waals surface area contributed by atoms with Gasteiger partial charge in [-0.15, -0.1) is 0 Å². The first-order valence-electron chi connectivity index (χ1n) is 7.69. The van der Waals surface area contributed by atoms with Gasteiger partial charge in [0.15, 0.2) is 0 Å². The third-order valence-electron chi connectivity index (χ3n) is 3.39. The zero-order valence-corrected chi connectivity index (χ0v) is 13.5. The number of hydrogen-bond acceptors (Lipinski definition) is 4. The van der Waals surface area contributed by atoms with E-state index in [0.29, 0.717) is 17.6 Å². The fraction of sp³-hybridized carbons (Fsp3) is 0.688. The number of ether oxygens (including phenoxy) is 1. The van der Waals surface area contributed by atoms with Gasteiger partial charge in [0.25, 0.3) is 0 Å². The van der Waals surface area contributed by atoms with E-state index in [4.69, 9.17) is 10.5 Å². The van der Waals surface area contributed by atoms with Gasteiger partial charge in [-0.2, -0.15) is 4.98 Å². The van der Waals surface area contributed by atoms with Gasteiger partial charge in [-0.3, -0.25) is 0 Å². The Labute approximate surface area is 123 Å². The van der Waals surface area contributed by atoms with Crippen LogP contribution < -0.4 is 15.4 Å². The summed E-state index contributed by atoms with van der Waals surface area (Å²) >= 11 is 0. The molecule has 0 aliphatic carbocycles. The van der Waals surface area contributed by atoms with Crippen molar-refractivity contribution in [3.8, 4) is 5.88 Å². The lowest BCUT2D eigenvalue weighted by Crippen LogP contribution is -2.34. The van der Waals surface area contributed by atoms with E-state index in [1.54, 1.807) is 0 Å². The number of aromatic nitrogens is 1. The van der Waals surface area contributed by atoms with E-state index in [0.717, 1.165) is 25.2 Å². The minimum Gasteiger partial charge on any atom is -0.473 e. The van der Waals surface area contributed by atoms with E-state index < -0.39 is 0 Å². The van der Waals surface area contributed by atoms with E-state index in [1.807, 2.05) is 26.0 Å². The Kier molecular flexibility index (Phi) is 6.62. The van der Waals surface area contributed by atoms with Crippen molar-refractivity contribution in [1.29, 1.82) is 0 Å². The molecule has 0 bridgehead atoms. The Morgan fingerprint density at radius 1 is 1.25 bits per heavy atom. The third kappa shape index (κ3) is 4.58. The molecule has 1 heterocycles. The second-order valence-corrected chi connectivity index (χ2v) is 5.53. The van der Waals surface area contributed by atoms with Gasteiger partial charge in [0, 0.05) is 12.6 Å². The van der Waals surface area contributed by atoms with Crippen LogP contribution in [0.1, 0.15) is 53.9 Å². The molecule has 0 amide bonds. The number of nitrogens with two attached hydrogens (primary N) is 1. The van der Waals surface area contributed by atoms with Crippen molar-refractivity contribution in [2.45, 2.75) is 66.0 Å². The molecule has 0 aliphatic heterocycles. The fourth-order valence-corrected chi connectivity index (χ4v) is 2.03. The van der Waals surface area contributed by atoms with Crippen LogP contribution in [0.15, 0.2) is 12.1 Å². The maximum Gasteiger partial charge on any atom is 0.239 e.